The molecule has 0 N–H and O–H groups in total. The van der Waals surface area contributed by atoms with Crippen LogP contribution in [0.1, 0.15) is 40.5 Å². The molecule has 8 heteroatoms. The first kappa shape index (κ1) is 21.9. The Balaban J connectivity index is 2.85. The second-order valence-electron chi connectivity index (χ2n) is 6.72. The Labute approximate surface area is 153 Å². The quantitative estimate of drug-likeness (QED) is 0.466. The van der Waals surface area contributed by atoms with E-state index in [4.69, 9.17) is 18.9 Å². The minimum Gasteiger partial charge on any atom is -0.466 e. The molecule has 4 unspecified atom stereocenters. The van der Waals surface area contributed by atoms with Crippen molar-refractivity contribution in [1.82, 2.24) is 0 Å². The van der Waals surface area contributed by atoms with Gasteiger partial charge in [-0.2, -0.15) is 0 Å². The van der Waals surface area contributed by atoms with E-state index in [-0.39, 0.29) is 74.0 Å². The first-order valence-electron chi connectivity index (χ1n) is 8.72. The van der Waals surface area contributed by atoms with Crippen LogP contribution >= 0.6 is 0 Å². The third kappa shape index (κ3) is 8.31. The summed E-state index contributed by atoms with van der Waals surface area (Å²) in [6, 6.07) is 0. The van der Waals surface area contributed by atoms with Gasteiger partial charge in [0.15, 0.2) is 0 Å². The van der Waals surface area contributed by atoms with Crippen molar-refractivity contribution in [1.29, 1.82) is 0 Å². The van der Waals surface area contributed by atoms with Crippen molar-refractivity contribution in [2.75, 3.05) is 26.4 Å². The number of hydrogen-bond acceptors (Lipinski definition) is 8. The van der Waals surface area contributed by atoms with Gasteiger partial charge in [-0.25, -0.2) is 0 Å². The number of ether oxygens (including phenoxy) is 4. The summed E-state index contributed by atoms with van der Waals surface area (Å²) in [6.07, 6.45) is 1.22. The van der Waals surface area contributed by atoms with E-state index in [0.29, 0.717) is 12.8 Å². The molecule has 1 aliphatic rings. The molecule has 8 nitrogen and oxygen atoms in total. The first-order chi connectivity index (χ1) is 12.2. The SMILES string of the molecule is CC(=O)OCC1CC(COC(C)=O)C(COC(C)=O)CC1COC(C)=O. The second kappa shape index (κ2) is 10.8. The van der Waals surface area contributed by atoms with Crippen molar-refractivity contribution in [2.24, 2.45) is 23.7 Å². The van der Waals surface area contributed by atoms with Crippen molar-refractivity contribution in [3.05, 3.63) is 0 Å². The summed E-state index contributed by atoms with van der Waals surface area (Å²) in [6.45, 7) is 6.17. The summed E-state index contributed by atoms with van der Waals surface area (Å²) in [5, 5.41) is 0. The third-order valence-corrected chi connectivity index (χ3v) is 4.55. The molecule has 1 saturated carbocycles. The molecular weight excluding hydrogens is 344 g/mol. The summed E-state index contributed by atoms with van der Waals surface area (Å²) < 4.78 is 20.6. The number of carbonyl (C=O) groups is 4. The Bertz CT molecular complexity index is 425. The molecule has 4 atom stereocenters. The normalized spacial score (nSPS) is 25.1. The summed E-state index contributed by atoms with van der Waals surface area (Å²) in [5.41, 5.74) is 0. The predicted molar refractivity (Wildman–Crippen MR) is 89.7 cm³/mol. The molecular formula is C18H28O8. The van der Waals surface area contributed by atoms with Crippen LogP contribution in [0.4, 0.5) is 0 Å². The van der Waals surface area contributed by atoms with E-state index in [9.17, 15) is 19.2 Å². The Morgan fingerprint density at radius 1 is 0.538 bits per heavy atom. The molecule has 0 aromatic rings. The van der Waals surface area contributed by atoms with E-state index in [1.54, 1.807) is 0 Å². The van der Waals surface area contributed by atoms with Crippen LogP contribution in [-0.4, -0.2) is 50.3 Å². The van der Waals surface area contributed by atoms with Gasteiger partial charge in [0, 0.05) is 27.7 Å². The summed E-state index contributed by atoms with van der Waals surface area (Å²) in [7, 11) is 0. The molecule has 148 valence electrons. The zero-order chi connectivity index (χ0) is 19.7. The van der Waals surface area contributed by atoms with Gasteiger partial charge in [0.25, 0.3) is 0 Å². The fourth-order valence-electron chi connectivity index (χ4n) is 3.26. The van der Waals surface area contributed by atoms with Crippen molar-refractivity contribution in [3.63, 3.8) is 0 Å². The fourth-order valence-corrected chi connectivity index (χ4v) is 3.26. The lowest BCUT2D eigenvalue weighted by Crippen LogP contribution is -2.41. The van der Waals surface area contributed by atoms with Crippen LogP contribution in [-0.2, 0) is 38.1 Å². The van der Waals surface area contributed by atoms with Gasteiger partial charge in [-0.05, 0) is 36.5 Å². The van der Waals surface area contributed by atoms with E-state index in [1.807, 2.05) is 0 Å². The zero-order valence-electron chi connectivity index (χ0n) is 15.8. The molecule has 0 saturated heterocycles. The molecule has 26 heavy (non-hydrogen) atoms. The number of carbonyl (C=O) groups excluding carboxylic acids is 4. The van der Waals surface area contributed by atoms with Crippen LogP contribution < -0.4 is 0 Å². The number of rotatable bonds is 8. The molecule has 1 fully saturated rings. The number of hydrogen-bond donors (Lipinski definition) is 0. The van der Waals surface area contributed by atoms with Gasteiger partial charge in [-0.1, -0.05) is 0 Å². The Hall–Kier alpha value is -2.12. The highest BCUT2D eigenvalue weighted by atomic mass is 16.5. The van der Waals surface area contributed by atoms with Gasteiger partial charge in [0.2, 0.25) is 0 Å². The minimum atomic E-state index is -0.380. The summed E-state index contributed by atoms with van der Waals surface area (Å²) in [4.78, 5) is 44.7. The molecule has 1 rings (SSSR count). The van der Waals surface area contributed by atoms with E-state index in [0.717, 1.165) is 0 Å². The van der Waals surface area contributed by atoms with Gasteiger partial charge in [0.1, 0.15) is 0 Å². The summed E-state index contributed by atoms with van der Waals surface area (Å²) in [5.74, 6) is -1.66. The first-order valence-corrected chi connectivity index (χ1v) is 8.72. The average Bonchev–Trinajstić information content (AvgIpc) is 2.54. The highest BCUT2D eigenvalue weighted by Gasteiger charge is 2.39. The highest BCUT2D eigenvalue weighted by molar-refractivity contribution is 5.66. The van der Waals surface area contributed by atoms with Crippen LogP contribution in [0, 0.1) is 23.7 Å². The lowest BCUT2D eigenvalue weighted by atomic mass is 9.69. The van der Waals surface area contributed by atoms with Crippen LogP contribution in [0.3, 0.4) is 0 Å². The number of esters is 4. The molecule has 0 heterocycles. The van der Waals surface area contributed by atoms with E-state index < -0.39 is 0 Å². The van der Waals surface area contributed by atoms with Crippen molar-refractivity contribution < 1.29 is 38.1 Å². The zero-order valence-corrected chi connectivity index (χ0v) is 15.8. The molecule has 0 aromatic heterocycles. The maximum atomic E-state index is 11.2. The molecule has 0 spiro atoms. The lowest BCUT2D eigenvalue weighted by molar-refractivity contribution is -0.154. The van der Waals surface area contributed by atoms with Crippen molar-refractivity contribution in [2.45, 2.75) is 40.5 Å². The van der Waals surface area contributed by atoms with E-state index in [1.165, 1.54) is 27.7 Å². The van der Waals surface area contributed by atoms with E-state index >= 15 is 0 Å². The largest absolute Gasteiger partial charge is 0.466 e. The van der Waals surface area contributed by atoms with Gasteiger partial charge >= 0.3 is 23.9 Å². The summed E-state index contributed by atoms with van der Waals surface area (Å²) >= 11 is 0. The molecule has 0 radical (unpaired) electrons. The third-order valence-electron chi connectivity index (χ3n) is 4.55. The Morgan fingerprint density at radius 2 is 0.731 bits per heavy atom. The molecule has 0 bridgehead atoms. The monoisotopic (exact) mass is 372 g/mol. The van der Waals surface area contributed by atoms with Gasteiger partial charge in [0.05, 0.1) is 26.4 Å². The predicted octanol–water partition coefficient (Wildman–Crippen LogP) is 1.50. The maximum Gasteiger partial charge on any atom is 0.302 e. The maximum absolute atomic E-state index is 11.2. The van der Waals surface area contributed by atoms with Crippen LogP contribution in [0.25, 0.3) is 0 Å². The Morgan fingerprint density at radius 3 is 0.885 bits per heavy atom. The van der Waals surface area contributed by atoms with Gasteiger partial charge in [-0.15, -0.1) is 0 Å². The smallest absolute Gasteiger partial charge is 0.302 e. The van der Waals surface area contributed by atoms with Crippen LogP contribution in [0.2, 0.25) is 0 Å². The Kier molecular flexibility index (Phi) is 9.09. The molecule has 0 amide bonds. The molecule has 0 aromatic carbocycles. The minimum absolute atomic E-state index is 0.0348. The second-order valence-corrected chi connectivity index (χ2v) is 6.72. The topological polar surface area (TPSA) is 105 Å². The van der Waals surface area contributed by atoms with Crippen LogP contribution in [0.15, 0.2) is 0 Å². The van der Waals surface area contributed by atoms with Gasteiger partial charge < -0.3 is 18.9 Å². The van der Waals surface area contributed by atoms with Crippen molar-refractivity contribution in [3.8, 4) is 0 Å². The molecule has 1 aliphatic carbocycles. The standard InChI is InChI=1S/C18H28O8/c1-11(19)23-7-15-5-17(9-25-13(3)21)18(10-26-14(4)22)6-16(15)8-24-12(2)20/h15-18H,5-10H2,1-4H3. The van der Waals surface area contributed by atoms with Gasteiger partial charge in [-0.3, -0.25) is 19.2 Å². The molecule has 0 aliphatic heterocycles. The highest BCUT2D eigenvalue weighted by Crippen LogP contribution is 2.39. The van der Waals surface area contributed by atoms with Crippen LogP contribution in [0.5, 0.6) is 0 Å². The average molecular weight is 372 g/mol. The van der Waals surface area contributed by atoms with Crippen molar-refractivity contribution >= 4 is 23.9 Å². The fraction of sp³-hybridized carbons (Fsp3) is 0.778. The van der Waals surface area contributed by atoms with E-state index in [2.05, 4.69) is 0 Å². The lowest BCUT2D eigenvalue weighted by Gasteiger charge is -2.40.